The van der Waals surface area contributed by atoms with Crippen LogP contribution in [0, 0.1) is 0 Å². The molecule has 220 valence electrons. The monoisotopic (exact) mass is 582 g/mol. The van der Waals surface area contributed by atoms with Gasteiger partial charge in [0.2, 0.25) is 0 Å². The lowest BCUT2D eigenvalue weighted by Gasteiger charge is -2.16. The van der Waals surface area contributed by atoms with Gasteiger partial charge in [-0.1, -0.05) is 54.6 Å². The summed E-state index contributed by atoms with van der Waals surface area (Å²) < 4.78 is 25.1. The van der Waals surface area contributed by atoms with Crippen LogP contribution in [0.25, 0.3) is 55.0 Å². The molecule has 0 aliphatic rings. The normalized spacial score (nSPS) is 11.4. The first kappa shape index (κ1) is 27.5. The Balaban J connectivity index is 1.57. The topological polar surface area (TPSA) is 57.6 Å². The van der Waals surface area contributed by atoms with Gasteiger partial charge in [-0.25, -0.2) is 0 Å². The van der Waals surface area contributed by atoms with Crippen LogP contribution in [0.15, 0.2) is 103 Å². The summed E-state index contributed by atoms with van der Waals surface area (Å²) in [6, 6.07) is 33.3. The standard InChI is InChI=1S/C38H34N2O4/c1-41-27-15-9-24(10-16-27)21-22-40-23-31(25-11-17-28(42-2)18-12-25)34-33(26-13-19-29(43-3)20-14-26)38(44-4)36-35(37(34)40)30-7-5-6-8-32(30)39-36/h5-20,23,39H,21-22H2,1-4H3. The summed E-state index contributed by atoms with van der Waals surface area (Å²) >= 11 is 0. The minimum absolute atomic E-state index is 0.794. The highest BCUT2D eigenvalue weighted by Crippen LogP contribution is 2.50. The highest BCUT2D eigenvalue weighted by Gasteiger charge is 2.26. The van der Waals surface area contributed by atoms with Crippen LogP contribution in [-0.2, 0) is 13.0 Å². The van der Waals surface area contributed by atoms with Gasteiger partial charge in [-0.2, -0.15) is 0 Å². The Morgan fingerprint density at radius 1 is 0.614 bits per heavy atom. The second-order valence-corrected chi connectivity index (χ2v) is 10.8. The molecule has 0 amide bonds. The van der Waals surface area contributed by atoms with Gasteiger partial charge >= 0.3 is 0 Å². The molecule has 0 spiro atoms. The van der Waals surface area contributed by atoms with Crippen molar-refractivity contribution in [3.63, 3.8) is 0 Å². The molecule has 7 aromatic rings. The van der Waals surface area contributed by atoms with E-state index in [2.05, 4.69) is 76.4 Å². The van der Waals surface area contributed by atoms with Crippen molar-refractivity contribution in [1.82, 2.24) is 9.55 Å². The zero-order valence-corrected chi connectivity index (χ0v) is 25.3. The smallest absolute Gasteiger partial charge is 0.151 e. The van der Waals surface area contributed by atoms with Gasteiger partial charge < -0.3 is 28.5 Å². The third-order valence-electron chi connectivity index (χ3n) is 8.51. The number of hydrogen-bond acceptors (Lipinski definition) is 4. The summed E-state index contributed by atoms with van der Waals surface area (Å²) in [6.07, 6.45) is 3.16. The fraction of sp³-hybridized carbons (Fsp3) is 0.158. The van der Waals surface area contributed by atoms with Crippen molar-refractivity contribution in [3.05, 3.63) is 109 Å². The second-order valence-electron chi connectivity index (χ2n) is 10.8. The van der Waals surface area contributed by atoms with Gasteiger partial charge in [0.25, 0.3) is 0 Å². The van der Waals surface area contributed by atoms with Crippen LogP contribution >= 0.6 is 0 Å². The Morgan fingerprint density at radius 2 is 1.20 bits per heavy atom. The Kier molecular flexibility index (Phi) is 7.10. The van der Waals surface area contributed by atoms with E-state index in [1.807, 2.05) is 36.4 Å². The Bertz CT molecular complexity index is 2090. The number of benzene rings is 5. The molecular formula is C38H34N2O4. The van der Waals surface area contributed by atoms with Gasteiger partial charge in [0.1, 0.15) is 17.2 Å². The molecule has 0 aliphatic heterocycles. The number of rotatable bonds is 9. The molecule has 0 saturated heterocycles. The molecule has 2 aromatic heterocycles. The highest BCUT2D eigenvalue weighted by atomic mass is 16.5. The maximum Gasteiger partial charge on any atom is 0.151 e. The zero-order chi connectivity index (χ0) is 30.2. The van der Waals surface area contributed by atoms with Crippen LogP contribution in [0.2, 0.25) is 0 Å². The Labute approximate surface area is 256 Å². The number of H-pyrrole nitrogens is 1. The molecule has 0 fully saturated rings. The fourth-order valence-electron chi connectivity index (χ4n) is 6.32. The van der Waals surface area contributed by atoms with E-state index in [0.29, 0.717) is 0 Å². The van der Waals surface area contributed by atoms with Crippen LogP contribution in [0.3, 0.4) is 0 Å². The molecule has 44 heavy (non-hydrogen) atoms. The van der Waals surface area contributed by atoms with Crippen LogP contribution in [0.4, 0.5) is 0 Å². The number of nitrogens with one attached hydrogen (secondary N) is 1. The van der Waals surface area contributed by atoms with Crippen LogP contribution in [0.1, 0.15) is 5.56 Å². The fourth-order valence-corrected chi connectivity index (χ4v) is 6.32. The molecule has 6 nitrogen and oxygen atoms in total. The van der Waals surface area contributed by atoms with Crippen molar-refractivity contribution >= 4 is 32.7 Å². The summed E-state index contributed by atoms with van der Waals surface area (Å²) in [5.41, 5.74) is 8.80. The minimum Gasteiger partial charge on any atom is -0.497 e. The van der Waals surface area contributed by atoms with E-state index in [9.17, 15) is 0 Å². The van der Waals surface area contributed by atoms with E-state index in [1.54, 1.807) is 28.4 Å². The summed E-state index contributed by atoms with van der Waals surface area (Å²) in [6.45, 7) is 0.794. The predicted molar refractivity (Wildman–Crippen MR) is 179 cm³/mol. The first-order valence-corrected chi connectivity index (χ1v) is 14.7. The SMILES string of the molecule is COc1ccc(CCn2cc(-c3ccc(OC)cc3)c3c(-c4ccc(OC)cc4)c(OC)c4[nH]c5ccccc5c4c32)cc1. The van der Waals surface area contributed by atoms with Crippen LogP contribution < -0.4 is 18.9 Å². The molecule has 0 bridgehead atoms. The third kappa shape index (κ3) is 4.60. The predicted octanol–water partition coefficient (Wildman–Crippen LogP) is 8.89. The number of ether oxygens (including phenoxy) is 4. The lowest BCUT2D eigenvalue weighted by atomic mass is 9.93. The van der Waals surface area contributed by atoms with Gasteiger partial charge in [0.05, 0.1) is 39.5 Å². The molecule has 6 heteroatoms. The van der Waals surface area contributed by atoms with Crippen molar-refractivity contribution in [2.75, 3.05) is 28.4 Å². The zero-order valence-electron chi connectivity index (χ0n) is 25.3. The molecule has 0 aliphatic carbocycles. The molecule has 5 aromatic carbocycles. The van der Waals surface area contributed by atoms with Gasteiger partial charge in [-0.15, -0.1) is 0 Å². The van der Waals surface area contributed by atoms with Crippen LogP contribution in [-0.4, -0.2) is 38.0 Å². The largest absolute Gasteiger partial charge is 0.497 e. The van der Waals surface area contributed by atoms with Gasteiger partial charge in [0, 0.05) is 45.5 Å². The summed E-state index contributed by atoms with van der Waals surface area (Å²) in [4.78, 5) is 3.71. The lowest BCUT2D eigenvalue weighted by molar-refractivity contribution is 0.414. The third-order valence-corrected chi connectivity index (χ3v) is 8.51. The van der Waals surface area contributed by atoms with Crippen molar-refractivity contribution in [2.24, 2.45) is 0 Å². The van der Waals surface area contributed by atoms with Gasteiger partial charge in [-0.05, 0) is 65.6 Å². The summed E-state index contributed by atoms with van der Waals surface area (Å²) in [7, 11) is 6.84. The molecule has 7 rings (SSSR count). The van der Waals surface area contributed by atoms with E-state index in [0.717, 1.165) is 85.4 Å². The van der Waals surface area contributed by atoms with Crippen molar-refractivity contribution in [3.8, 4) is 45.3 Å². The number of nitrogens with zero attached hydrogens (tertiary/aromatic N) is 1. The summed E-state index contributed by atoms with van der Waals surface area (Å²) in [5.74, 6) is 3.31. The van der Waals surface area contributed by atoms with E-state index in [-0.39, 0.29) is 0 Å². The number of aryl methyl sites for hydroxylation is 2. The Morgan fingerprint density at radius 3 is 1.82 bits per heavy atom. The van der Waals surface area contributed by atoms with E-state index < -0.39 is 0 Å². The number of methoxy groups -OCH3 is 4. The van der Waals surface area contributed by atoms with Gasteiger partial charge in [-0.3, -0.25) is 0 Å². The number of hydrogen-bond donors (Lipinski definition) is 1. The van der Waals surface area contributed by atoms with Gasteiger partial charge in [0.15, 0.2) is 5.75 Å². The van der Waals surface area contributed by atoms with Crippen molar-refractivity contribution in [2.45, 2.75) is 13.0 Å². The van der Waals surface area contributed by atoms with E-state index in [4.69, 9.17) is 18.9 Å². The molecule has 1 N–H and O–H groups in total. The minimum atomic E-state index is 0.794. The maximum atomic E-state index is 6.29. The number of aromatic amines is 1. The van der Waals surface area contributed by atoms with E-state index >= 15 is 0 Å². The average Bonchev–Trinajstić information content (AvgIpc) is 3.65. The maximum absolute atomic E-state index is 6.29. The average molecular weight is 583 g/mol. The Hall–Kier alpha value is -5.36. The lowest BCUT2D eigenvalue weighted by Crippen LogP contribution is -2.01. The second kappa shape index (κ2) is 11.4. The molecule has 0 radical (unpaired) electrons. The number of para-hydroxylation sites is 1. The molecule has 2 heterocycles. The quantitative estimate of drug-likeness (QED) is 0.185. The van der Waals surface area contributed by atoms with Crippen molar-refractivity contribution < 1.29 is 18.9 Å². The first-order chi connectivity index (χ1) is 21.6. The molecule has 0 atom stereocenters. The highest BCUT2D eigenvalue weighted by molar-refractivity contribution is 6.27. The molecule has 0 saturated carbocycles. The van der Waals surface area contributed by atoms with Crippen molar-refractivity contribution in [1.29, 1.82) is 0 Å². The summed E-state index contributed by atoms with van der Waals surface area (Å²) in [5, 5.41) is 3.46. The van der Waals surface area contributed by atoms with E-state index in [1.165, 1.54) is 11.1 Å². The van der Waals surface area contributed by atoms with Crippen LogP contribution in [0.5, 0.6) is 23.0 Å². The first-order valence-electron chi connectivity index (χ1n) is 14.7. The number of fused-ring (bicyclic) bond motifs is 5. The molecular weight excluding hydrogens is 548 g/mol. The number of aromatic nitrogens is 2. The molecule has 0 unspecified atom stereocenters.